The number of aliphatic carboxylic acids is 1. The maximum absolute atomic E-state index is 10.9. The minimum atomic E-state index is -0.792. The van der Waals surface area contributed by atoms with Gasteiger partial charge in [-0.05, 0) is 30.9 Å². The molecule has 0 amide bonds. The first-order valence-electron chi connectivity index (χ1n) is 4.93. The lowest BCUT2D eigenvalue weighted by molar-refractivity contribution is -0.142. The van der Waals surface area contributed by atoms with Crippen LogP contribution >= 0.6 is 11.6 Å². The summed E-state index contributed by atoms with van der Waals surface area (Å²) in [5.74, 6) is -1.17. The summed E-state index contributed by atoms with van der Waals surface area (Å²) < 4.78 is 0. The van der Waals surface area contributed by atoms with Gasteiger partial charge in [0.05, 0.1) is 11.5 Å². The topological polar surface area (TPSA) is 74.0 Å². The van der Waals surface area contributed by atoms with Crippen molar-refractivity contribution in [2.45, 2.75) is 19.3 Å². The van der Waals surface area contributed by atoms with Crippen LogP contribution in [0.2, 0.25) is 5.15 Å². The van der Waals surface area contributed by atoms with E-state index in [2.05, 4.69) is 4.98 Å². The number of nitrogens with zero attached hydrogens (tertiary/aromatic N) is 2. The Labute approximate surface area is 97.5 Å². The van der Waals surface area contributed by atoms with Gasteiger partial charge in [0.2, 0.25) is 0 Å². The van der Waals surface area contributed by atoms with Crippen molar-refractivity contribution in [2.24, 2.45) is 5.92 Å². The number of aryl methyl sites for hydroxylation is 1. The van der Waals surface area contributed by atoms with E-state index in [0.717, 1.165) is 11.3 Å². The Kier molecular flexibility index (Phi) is 2.80. The first-order chi connectivity index (χ1) is 7.61. The smallest absolute Gasteiger partial charge is 0.306 e. The molecule has 1 N–H and O–H groups in total. The molecule has 82 valence electrons. The summed E-state index contributed by atoms with van der Waals surface area (Å²) >= 11 is 5.81. The summed E-state index contributed by atoms with van der Waals surface area (Å²) in [5.41, 5.74) is 1.97. The third-order valence-corrected chi connectivity index (χ3v) is 3.10. The standard InChI is InChI=1S/C11H9ClN2O2/c12-10-8(5-13)4-7-3-6(11(15)16)1-2-9(7)14-10/h4,6H,1-3H2,(H,15,16). The highest BCUT2D eigenvalue weighted by atomic mass is 35.5. The molecule has 1 aromatic rings. The molecule has 1 heterocycles. The van der Waals surface area contributed by atoms with Gasteiger partial charge in [-0.15, -0.1) is 0 Å². The molecule has 4 nitrogen and oxygen atoms in total. The van der Waals surface area contributed by atoms with Crippen LogP contribution in [0.1, 0.15) is 23.2 Å². The van der Waals surface area contributed by atoms with Crippen LogP contribution in [0.25, 0.3) is 0 Å². The number of nitriles is 1. The highest BCUT2D eigenvalue weighted by molar-refractivity contribution is 6.30. The molecule has 0 radical (unpaired) electrons. The lowest BCUT2D eigenvalue weighted by Crippen LogP contribution is -2.23. The van der Waals surface area contributed by atoms with Crippen molar-refractivity contribution < 1.29 is 9.90 Å². The van der Waals surface area contributed by atoms with E-state index >= 15 is 0 Å². The van der Waals surface area contributed by atoms with Gasteiger partial charge in [-0.25, -0.2) is 4.98 Å². The molecule has 0 saturated heterocycles. The second-order valence-electron chi connectivity index (χ2n) is 3.82. The number of fused-ring (bicyclic) bond motifs is 1. The molecule has 1 aliphatic rings. The minimum Gasteiger partial charge on any atom is -0.481 e. The fourth-order valence-corrected chi connectivity index (χ4v) is 2.13. The molecule has 2 rings (SSSR count). The summed E-state index contributed by atoms with van der Waals surface area (Å²) in [4.78, 5) is 15.0. The van der Waals surface area contributed by atoms with Gasteiger partial charge in [-0.3, -0.25) is 4.79 Å². The first kappa shape index (κ1) is 10.9. The van der Waals surface area contributed by atoms with Crippen molar-refractivity contribution in [1.82, 2.24) is 4.98 Å². The van der Waals surface area contributed by atoms with Gasteiger partial charge >= 0.3 is 5.97 Å². The maximum atomic E-state index is 10.9. The average molecular weight is 237 g/mol. The third-order valence-electron chi connectivity index (χ3n) is 2.81. The van der Waals surface area contributed by atoms with Gasteiger partial charge in [0, 0.05) is 5.69 Å². The molecule has 0 spiro atoms. The SMILES string of the molecule is N#Cc1cc2c(nc1Cl)CCC(C(=O)O)C2. The predicted molar refractivity (Wildman–Crippen MR) is 57.1 cm³/mol. The van der Waals surface area contributed by atoms with Crippen LogP contribution in [-0.2, 0) is 17.6 Å². The second kappa shape index (κ2) is 4.11. The van der Waals surface area contributed by atoms with Crippen molar-refractivity contribution in [3.8, 4) is 6.07 Å². The molecule has 0 saturated carbocycles. The average Bonchev–Trinajstić information content (AvgIpc) is 2.27. The molecular weight excluding hydrogens is 228 g/mol. The predicted octanol–water partition coefficient (Wildman–Crippen LogP) is 1.80. The Morgan fingerprint density at radius 1 is 1.69 bits per heavy atom. The van der Waals surface area contributed by atoms with Crippen molar-refractivity contribution in [3.05, 3.63) is 28.0 Å². The van der Waals surface area contributed by atoms with Gasteiger partial charge in [0.15, 0.2) is 0 Å². The lowest BCUT2D eigenvalue weighted by atomic mass is 9.86. The Morgan fingerprint density at radius 3 is 3.06 bits per heavy atom. The van der Waals surface area contributed by atoms with Gasteiger partial charge in [0.25, 0.3) is 0 Å². The van der Waals surface area contributed by atoms with Crippen LogP contribution in [0, 0.1) is 17.2 Å². The van der Waals surface area contributed by atoms with E-state index in [4.69, 9.17) is 22.0 Å². The van der Waals surface area contributed by atoms with Crippen LogP contribution in [0.3, 0.4) is 0 Å². The zero-order chi connectivity index (χ0) is 11.7. The Bertz CT molecular complexity index is 493. The fraction of sp³-hybridized carbons (Fsp3) is 0.364. The van der Waals surface area contributed by atoms with Crippen LogP contribution in [0.4, 0.5) is 0 Å². The number of hydrogen-bond acceptors (Lipinski definition) is 3. The fourth-order valence-electron chi connectivity index (χ4n) is 1.93. The van der Waals surface area contributed by atoms with Crippen molar-refractivity contribution >= 4 is 17.6 Å². The molecule has 1 atom stereocenters. The molecule has 1 unspecified atom stereocenters. The van der Waals surface area contributed by atoms with E-state index in [9.17, 15) is 4.79 Å². The van der Waals surface area contributed by atoms with Crippen molar-refractivity contribution in [3.63, 3.8) is 0 Å². The molecule has 0 aromatic carbocycles. The summed E-state index contributed by atoms with van der Waals surface area (Å²) in [5, 5.41) is 17.9. The van der Waals surface area contributed by atoms with Crippen LogP contribution in [0.5, 0.6) is 0 Å². The number of hydrogen-bond donors (Lipinski definition) is 1. The maximum Gasteiger partial charge on any atom is 0.306 e. The number of rotatable bonds is 1. The monoisotopic (exact) mass is 236 g/mol. The summed E-state index contributed by atoms with van der Waals surface area (Å²) in [6.45, 7) is 0. The van der Waals surface area contributed by atoms with E-state index in [0.29, 0.717) is 24.8 Å². The van der Waals surface area contributed by atoms with Crippen LogP contribution in [0.15, 0.2) is 6.07 Å². The largest absolute Gasteiger partial charge is 0.481 e. The molecular formula is C11H9ClN2O2. The molecule has 5 heteroatoms. The van der Waals surface area contributed by atoms with Crippen LogP contribution in [-0.4, -0.2) is 16.1 Å². The number of aromatic nitrogens is 1. The zero-order valence-electron chi connectivity index (χ0n) is 8.40. The van der Waals surface area contributed by atoms with E-state index in [1.807, 2.05) is 6.07 Å². The van der Waals surface area contributed by atoms with Crippen LogP contribution < -0.4 is 0 Å². The van der Waals surface area contributed by atoms with E-state index < -0.39 is 5.97 Å². The Hall–Kier alpha value is -1.60. The lowest BCUT2D eigenvalue weighted by Gasteiger charge is -2.20. The highest BCUT2D eigenvalue weighted by Gasteiger charge is 2.25. The Morgan fingerprint density at radius 2 is 2.44 bits per heavy atom. The van der Waals surface area contributed by atoms with E-state index in [1.165, 1.54) is 0 Å². The minimum absolute atomic E-state index is 0.204. The second-order valence-corrected chi connectivity index (χ2v) is 4.18. The zero-order valence-corrected chi connectivity index (χ0v) is 9.16. The molecule has 0 aliphatic heterocycles. The van der Waals surface area contributed by atoms with Gasteiger partial charge in [-0.2, -0.15) is 5.26 Å². The third kappa shape index (κ3) is 1.86. The van der Waals surface area contributed by atoms with Gasteiger partial charge in [0.1, 0.15) is 11.2 Å². The molecule has 0 bridgehead atoms. The van der Waals surface area contributed by atoms with E-state index in [1.54, 1.807) is 6.07 Å². The summed E-state index contributed by atoms with van der Waals surface area (Å²) in [6.07, 6.45) is 1.62. The normalized spacial score (nSPS) is 18.6. The number of carboxylic acid groups (broad SMARTS) is 1. The highest BCUT2D eigenvalue weighted by Crippen LogP contribution is 2.27. The Balaban J connectivity index is 2.38. The number of carbonyl (C=O) groups is 1. The van der Waals surface area contributed by atoms with Crippen molar-refractivity contribution in [1.29, 1.82) is 5.26 Å². The molecule has 1 aliphatic carbocycles. The molecule has 16 heavy (non-hydrogen) atoms. The number of pyridine rings is 1. The van der Waals surface area contributed by atoms with Crippen molar-refractivity contribution in [2.75, 3.05) is 0 Å². The quantitative estimate of drug-likeness (QED) is 0.755. The van der Waals surface area contributed by atoms with E-state index in [-0.39, 0.29) is 11.1 Å². The van der Waals surface area contributed by atoms with Gasteiger partial charge < -0.3 is 5.11 Å². The first-order valence-corrected chi connectivity index (χ1v) is 5.31. The number of carboxylic acids is 1. The molecule has 1 aromatic heterocycles. The number of halogens is 1. The van der Waals surface area contributed by atoms with Gasteiger partial charge in [-0.1, -0.05) is 11.6 Å². The molecule has 0 fully saturated rings. The summed E-state index contributed by atoms with van der Waals surface area (Å²) in [6, 6.07) is 3.60. The summed E-state index contributed by atoms with van der Waals surface area (Å²) in [7, 11) is 0.